The van der Waals surface area contributed by atoms with Crippen LogP contribution in [0.3, 0.4) is 0 Å². The minimum atomic E-state index is -0.251. The Morgan fingerprint density at radius 3 is 2.74 bits per heavy atom. The van der Waals surface area contributed by atoms with Crippen LogP contribution in [0.1, 0.15) is 19.2 Å². The Labute approximate surface area is 111 Å². The van der Waals surface area contributed by atoms with Crippen molar-refractivity contribution >= 4 is 5.78 Å². The van der Waals surface area contributed by atoms with Gasteiger partial charge in [-0.1, -0.05) is 18.2 Å². The highest BCUT2D eigenvalue weighted by molar-refractivity contribution is 5.78. The van der Waals surface area contributed by atoms with Crippen LogP contribution in [-0.2, 0) is 11.2 Å². The summed E-state index contributed by atoms with van der Waals surface area (Å²) in [6.07, 6.45) is 0.856. The first-order chi connectivity index (χ1) is 9.22. The minimum Gasteiger partial charge on any atom is -0.396 e. The van der Waals surface area contributed by atoms with Crippen LogP contribution in [-0.4, -0.2) is 37.7 Å². The van der Waals surface area contributed by atoms with Gasteiger partial charge >= 0.3 is 0 Å². The lowest BCUT2D eigenvalue weighted by atomic mass is 9.97. The number of hydrogen-bond acceptors (Lipinski definition) is 5. The summed E-state index contributed by atoms with van der Waals surface area (Å²) in [5.41, 5.74) is 0.855. The second-order valence-corrected chi connectivity index (χ2v) is 4.37. The summed E-state index contributed by atoms with van der Waals surface area (Å²) < 4.78 is 1.62. The van der Waals surface area contributed by atoms with Crippen molar-refractivity contribution < 1.29 is 9.90 Å². The molecule has 1 atom stereocenters. The number of aromatic nitrogens is 4. The van der Waals surface area contributed by atoms with Crippen LogP contribution >= 0.6 is 0 Å². The summed E-state index contributed by atoms with van der Waals surface area (Å²) in [6, 6.07) is 9.51. The summed E-state index contributed by atoms with van der Waals surface area (Å²) in [7, 11) is 0. The molecule has 0 saturated carbocycles. The fraction of sp³-hybridized carbons (Fsp3) is 0.385. The van der Waals surface area contributed by atoms with E-state index in [2.05, 4.69) is 15.5 Å². The van der Waals surface area contributed by atoms with Crippen LogP contribution in [0.15, 0.2) is 30.3 Å². The number of ketones is 1. The number of hydrogen-bond donors (Lipinski definition) is 1. The van der Waals surface area contributed by atoms with Gasteiger partial charge in [-0.15, -0.1) is 5.10 Å². The molecule has 19 heavy (non-hydrogen) atoms. The third kappa shape index (κ3) is 3.23. The van der Waals surface area contributed by atoms with Gasteiger partial charge in [0.05, 0.1) is 5.69 Å². The van der Waals surface area contributed by atoms with Crippen molar-refractivity contribution in [1.29, 1.82) is 0 Å². The van der Waals surface area contributed by atoms with Crippen molar-refractivity contribution in [3.05, 3.63) is 36.2 Å². The summed E-state index contributed by atoms with van der Waals surface area (Å²) in [5.74, 6) is 0.412. The molecule has 0 spiro atoms. The second kappa shape index (κ2) is 6.19. The third-order valence-corrected chi connectivity index (χ3v) is 3.02. The highest BCUT2D eigenvalue weighted by atomic mass is 16.3. The SMILES string of the molecule is CC(=O)C(CCO)Cc1nnnn1-c1ccccc1. The predicted octanol–water partition coefficient (Wildman–Crippen LogP) is 0.792. The van der Waals surface area contributed by atoms with Gasteiger partial charge in [0.1, 0.15) is 5.78 Å². The van der Waals surface area contributed by atoms with Crippen LogP contribution < -0.4 is 0 Å². The number of nitrogens with zero attached hydrogens (tertiary/aromatic N) is 4. The standard InChI is InChI=1S/C13H16N4O2/c1-10(19)11(7-8-18)9-13-14-15-16-17(13)12-5-3-2-4-6-12/h2-6,11,18H,7-9H2,1H3. The van der Waals surface area contributed by atoms with Gasteiger partial charge in [0.2, 0.25) is 0 Å². The number of Topliss-reactive ketones (excluding diaryl/α,β-unsaturated/α-hetero) is 1. The van der Waals surface area contributed by atoms with Crippen LogP contribution in [0.2, 0.25) is 0 Å². The zero-order valence-corrected chi connectivity index (χ0v) is 10.7. The molecule has 100 valence electrons. The van der Waals surface area contributed by atoms with E-state index in [-0.39, 0.29) is 18.3 Å². The summed E-state index contributed by atoms with van der Waals surface area (Å²) in [5, 5.41) is 20.6. The molecule has 1 aromatic heterocycles. The molecule has 2 aromatic rings. The lowest BCUT2D eigenvalue weighted by Crippen LogP contribution is -2.18. The first-order valence-electron chi connectivity index (χ1n) is 6.16. The smallest absolute Gasteiger partial charge is 0.157 e. The minimum absolute atomic E-state index is 0.0167. The average Bonchev–Trinajstić information content (AvgIpc) is 2.87. The van der Waals surface area contributed by atoms with E-state index in [0.717, 1.165) is 5.69 Å². The van der Waals surface area contributed by atoms with Crippen molar-refractivity contribution in [3.8, 4) is 5.69 Å². The number of benzene rings is 1. The molecular formula is C13H16N4O2. The molecule has 0 amide bonds. The second-order valence-electron chi connectivity index (χ2n) is 4.37. The van der Waals surface area contributed by atoms with Crippen molar-refractivity contribution in [3.63, 3.8) is 0 Å². The van der Waals surface area contributed by atoms with Crippen molar-refractivity contribution in [1.82, 2.24) is 20.2 Å². The average molecular weight is 260 g/mol. The van der Waals surface area contributed by atoms with E-state index in [0.29, 0.717) is 18.7 Å². The maximum atomic E-state index is 11.5. The topological polar surface area (TPSA) is 80.9 Å². The molecule has 6 nitrogen and oxygen atoms in total. The molecule has 0 aliphatic rings. The maximum absolute atomic E-state index is 11.5. The van der Waals surface area contributed by atoms with Gasteiger partial charge in [0.15, 0.2) is 5.82 Å². The third-order valence-electron chi connectivity index (χ3n) is 3.02. The van der Waals surface area contributed by atoms with E-state index in [1.54, 1.807) is 4.68 Å². The fourth-order valence-electron chi connectivity index (χ4n) is 1.93. The normalized spacial score (nSPS) is 12.3. The molecule has 1 N–H and O–H groups in total. The first-order valence-corrected chi connectivity index (χ1v) is 6.16. The van der Waals surface area contributed by atoms with Gasteiger partial charge in [-0.25, -0.2) is 0 Å². The Hall–Kier alpha value is -2.08. The first kappa shape index (κ1) is 13.4. The lowest BCUT2D eigenvalue weighted by Gasteiger charge is -2.11. The molecule has 0 aliphatic carbocycles. The fourth-order valence-corrected chi connectivity index (χ4v) is 1.93. The number of carbonyl (C=O) groups excluding carboxylic acids is 1. The monoisotopic (exact) mass is 260 g/mol. The van der Waals surface area contributed by atoms with E-state index < -0.39 is 0 Å². The lowest BCUT2D eigenvalue weighted by molar-refractivity contribution is -0.121. The Balaban J connectivity index is 2.22. The molecule has 1 unspecified atom stereocenters. The van der Waals surface area contributed by atoms with E-state index in [1.165, 1.54) is 6.92 Å². The highest BCUT2D eigenvalue weighted by Crippen LogP contribution is 2.14. The van der Waals surface area contributed by atoms with Gasteiger partial charge in [0, 0.05) is 18.9 Å². The number of aliphatic hydroxyl groups is 1. The van der Waals surface area contributed by atoms with E-state index in [4.69, 9.17) is 5.11 Å². The van der Waals surface area contributed by atoms with Gasteiger partial charge in [-0.2, -0.15) is 4.68 Å². The summed E-state index contributed by atoms with van der Waals surface area (Å²) in [6.45, 7) is 1.51. The molecule has 6 heteroatoms. The Bertz CT molecular complexity index is 539. The quantitative estimate of drug-likeness (QED) is 0.830. The highest BCUT2D eigenvalue weighted by Gasteiger charge is 2.19. The Kier molecular flexibility index (Phi) is 4.35. The number of tetrazole rings is 1. The van der Waals surface area contributed by atoms with Crippen LogP contribution in [0.25, 0.3) is 5.69 Å². The molecule has 1 aromatic carbocycles. The number of para-hydroxylation sites is 1. The molecule has 0 saturated heterocycles. The van der Waals surface area contributed by atoms with Crippen LogP contribution in [0, 0.1) is 5.92 Å². The van der Waals surface area contributed by atoms with E-state index in [1.807, 2.05) is 30.3 Å². The number of rotatable bonds is 6. The maximum Gasteiger partial charge on any atom is 0.157 e. The van der Waals surface area contributed by atoms with E-state index >= 15 is 0 Å². The number of carbonyl (C=O) groups is 1. The van der Waals surface area contributed by atoms with E-state index in [9.17, 15) is 4.79 Å². The summed E-state index contributed by atoms with van der Waals surface area (Å²) >= 11 is 0. The molecule has 2 rings (SSSR count). The predicted molar refractivity (Wildman–Crippen MR) is 68.7 cm³/mol. The molecular weight excluding hydrogens is 244 g/mol. The van der Waals surface area contributed by atoms with Gasteiger partial charge in [-0.05, 0) is 35.9 Å². The zero-order valence-electron chi connectivity index (χ0n) is 10.7. The van der Waals surface area contributed by atoms with Gasteiger partial charge in [-0.3, -0.25) is 4.79 Å². The zero-order chi connectivity index (χ0) is 13.7. The molecule has 1 heterocycles. The van der Waals surface area contributed by atoms with Crippen molar-refractivity contribution in [2.24, 2.45) is 5.92 Å². The largest absolute Gasteiger partial charge is 0.396 e. The van der Waals surface area contributed by atoms with Crippen molar-refractivity contribution in [2.75, 3.05) is 6.61 Å². The van der Waals surface area contributed by atoms with Gasteiger partial charge in [0.25, 0.3) is 0 Å². The van der Waals surface area contributed by atoms with Crippen molar-refractivity contribution in [2.45, 2.75) is 19.8 Å². The van der Waals surface area contributed by atoms with Crippen LogP contribution in [0.5, 0.6) is 0 Å². The molecule has 0 fully saturated rings. The molecule has 0 bridgehead atoms. The molecule has 0 radical (unpaired) electrons. The Morgan fingerprint density at radius 2 is 2.11 bits per heavy atom. The molecule has 0 aliphatic heterocycles. The Morgan fingerprint density at radius 1 is 1.37 bits per heavy atom. The van der Waals surface area contributed by atoms with Crippen LogP contribution in [0.4, 0.5) is 0 Å². The van der Waals surface area contributed by atoms with Gasteiger partial charge < -0.3 is 5.11 Å². The number of aliphatic hydroxyl groups excluding tert-OH is 1. The summed E-state index contributed by atoms with van der Waals surface area (Å²) in [4.78, 5) is 11.5.